The van der Waals surface area contributed by atoms with E-state index in [9.17, 15) is 13.6 Å². The van der Waals surface area contributed by atoms with Crippen LogP contribution in [0.25, 0.3) is 0 Å². The Balaban J connectivity index is 2.28. The maximum atomic E-state index is 14.1. The van der Waals surface area contributed by atoms with Gasteiger partial charge in [0.05, 0.1) is 4.88 Å². The molecule has 1 aromatic carbocycles. The molecule has 6 heteroatoms. The fourth-order valence-electron chi connectivity index (χ4n) is 1.73. The second-order valence-electron chi connectivity index (χ2n) is 4.03. The van der Waals surface area contributed by atoms with Gasteiger partial charge in [0, 0.05) is 17.0 Å². The molecule has 0 fully saturated rings. The zero-order valence-corrected chi connectivity index (χ0v) is 11.3. The highest BCUT2D eigenvalue weighted by atomic mass is 35.5. The van der Waals surface area contributed by atoms with Gasteiger partial charge in [-0.25, -0.2) is 8.78 Å². The van der Waals surface area contributed by atoms with Gasteiger partial charge in [0.15, 0.2) is 0 Å². The molecule has 1 heterocycles. The molecule has 0 saturated heterocycles. The van der Waals surface area contributed by atoms with Crippen LogP contribution in [0.15, 0.2) is 35.7 Å². The summed E-state index contributed by atoms with van der Waals surface area (Å²) in [6.07, 6.45) is -0.559. The molecule has 0 unspecified atom stereocenters. The third kappa shape index (κ3) is 3.11. The number of primary amides is 1. The van der Waals surface area contributed by atoms with E-state index in [-0.39, 0.29) is 16.0 Å². The van der Waals surface area contributed by atoms with E-state index in [4.69, 9.17) is 17.3 Å². The molecule has 0 aliphatic carbocycles. The summed E-state index contributed by atoms with van der Waals surface area (Å²) >= 11 is 6.73. The number of halogens is 3. The molecule has 0 saturated carbocycles. The average molecular weight is 302 g/mol. The predicted molar refractivity (Wildman–Crippen MR) is 71.9 cm³/mol. The van der Waals surface area contributed by atoms with Crippen LogP contribution in [0, 0.1) is 0 Å². The zero-order chi connectivity index (χ0) is 14.0. The molecule has 2 nitrogen and oxygen atoms in total. The Hall–Kier alpha value is -1.46. The van der Waals surface area contributed by atoms with Crippen LogP contribution in [0.4, 0.5) is 8.78 Å². The maximum absolute atomic E-state index is 14.1. The van der Waals surface area contributed by atoms with Crippen molar-refractivity contribution in [2.24, 2.45) is 5.73 Å². The summed E-state index contributed by atoms with van der Waals surface area (Å²) in [6.45, 7) is 0. The molecule has 19 heavy (non-hydrogen) atoms. The number of benzene rings is 1. The highest BCUT2D eigenvalue weighted by Crippen LogP contribution is 2.34. The predicted octanol–water partition coefficient (Wildman–Crippen LogP) is 3.83. The third-order valence-corrected chi connectivity index (χ3v) is 3.87. The van der Waals surface area contributed by atoms with Crippen LogP contribution in [0.1, 0.15) is 20.8 Å². The Morgan fingerprint density at radius 2 is 1.89 bits per heavy atom. The second-order valence-corrected chi connectivity index (χ2v) is 5.38. The van der Waals surface area contributed by atoms with Crippen LogP contribution < -0.4 is 5.73 Å². The summed E-state index contributed by atoms with van der Waals surface area (Å²) in [5, 5.41) is 1.97. The van der Waals surface area contributed by atoms with Gasteiger partial charge >= 0.3 is 0 Å². The van der Waals surface area contributed by atoms with Crippen LogP contribution in [-0.4, -0.2) is 5.91 Å². The number of hydrogen-bond acceptors (Lipinski definition) is 2. The second kappa shape index (κ2) is 5.27. The average Bonchev–Trinajstić information content (AvgIpc) is 2.77. The number of nitrogens with two attached hydrogens (primary N) is 1. The number of hydrogen-bond donors (Lipinski definition) is 1. The number of alkyl halides is 2. The van der Waals surface area contributed by atoms with Gasteiger partial charge in [-0.3, -0.25) is 4.79 Å². The highest BCUT2D eigenvalue weighted by molar-refractivity contribution is 7.12. The van der Waals surface area contributed by atoms with Crippen molar-refractivity contribution in [3.8, 4) is 0 Å². The molecule has 2 rings (SSSR count). The molecule has 0 spiro atoms. The first-order chi connectivity index (χ1) is 8.90. The van der Waals surface area contributed by atoms with Crippen molar-refractivity contribution < 1.29 is 13.6 Å². The van der Waals surface area contributed by atoms with E-state index < -0.39 is 18.3 Å². The molecular weight excluding hydrogens is 292 g/mol. The number of thiophene rings is 1. The van der Waals surface area contributed by atoms with Gasteiger partial charge in [-0.15, -0.1) is 11.3 Å². The van der Waals surface area contributed by atoms with E-state index in [1.807, 2.05) is 0 Å². The van der Waals surface area contributed by atoms with Crippen molar-refractivity contribution in [3.05, 3.63) is 56.7 Å². The molecular formula is C13H10ClF2NOS. The van der Waals surface area contributed by atoms with E-state index >= 15 is 0 Å². The van der Waals surface area contributed by atoms with Gasteiger partial charge in [0.25, 0.3) is 11.8 Å². The van der Waals surface area contributed by atoms with Crippen LogP contribution in [0.2, 0.25) is 5.02 Å². The van der Waals surface area contributed by atoms with E-state index in [0.717, 1.165) is 11.3 Å². The molecule has 2 N–H and O–H groups in total. The van der Waals surface area contributed by atoms with Crippen molar-refractivity contribution >= 4 is 28.8 Å². The first-order valence-electron chi connectivity index (χ1n) is 5.40. The minimum absolute atomic E-state index is 0.140. The highest BCUT2D eigenvalue weighted by Gasteiger charge is 2.33. The molecule has 0 aliphatic heterocycles. The van der Waals surface area contributed by atoms with Gasteiger partial charge in [0.1, 0.15) is 0 Å². The molecule has 100 valence electrons. The fourth-order valence-corrected chi connectivity index (χ4v) is 2.63. The maximum Gasteiger partial charge on any atom is 0.277 e. The first kappa shape index (κ1) is 14.0. The topological polar surface area (TPSA) is 43.1 Å². The summed E-state index contributed by atoms with van der Waals surface area (Å²) in [4.78, 5) is 11.3. The molecule has 0 radical (unpaired) electrons. The van der Waals surface area contributed by atoms with Gasteiger partial charge in [-0.2, -0.15) is 0 Å². The number of carbonyl (C=O) groups is 1. The van der Waals surface area contributed by atoms with E-state index in [0.29, 0.717) is 5.02 Å². The summed E-state index contributed by atoms with van der Waals surface area (Å²) in [6, 6.07) is 6.87. The van der Waals surface area contributed by atoms with E-state index in [2.05, 4.69) is 0 Å². The van der Waals surface area contributed by atoms with E-state index in [1.54, 1.807) is 5.38 Å². The minimum atomic E-state index is -3.07. The summed E-state index contributed by atoms with van der Waals surface area (Å²) in [5.74, 6) is -3.76. The van der Waals surface area contributed by atoms with Crippen molar-refractivity contribution in [2.75, 3.05) is 0 Å². The lowest BCUT2D eigenvalue weighted by atomic mass is 10.0. The molecule has 1 aromatic heterocycles. The number of amides is 1. The van der Waals surface area contributed by atoms with Gasteiger partial charge in [-0.05, 0) is 29.1 Å². The van der Waals surface area contributed by atoms with E-state index in [1.165, 1.54) is 30.3 Å². The van der Waals surface area contributed by atoms with Gasteiger partial charge in [0.2, 0.25) is 0 Å². The Kier molecular flexibility index (Phi) is 3.87. The van der Waals surface area contributed by atoms with Crippen LogP contribution >= 0.6 is 22.9 Å². The Labute approximate surface area is 117 Å². The fraction of sp³-hybridized carbons (Fsp3) is 0.154. The summed E-state index contributed by atoms with van der Waals surface area (Å²) < 4.78 is 28.2. The molecule has 0 atom stereocenters. The zero-order valence-electron chi connectivity index (χ0n) is 9.70. The van der Waals surface area contributed by atoms with Crippen LogP contribution in [0.3, 0.4) is 0 Å². The van der Waals surface area contributed by atoms with Crippen molar-refractivity contribution in [2.45, 2.75) is 12.3 Å². The van der Waals surface area contributed by atoms with Crippen molar-refractivity contribution in [1.29, 1.82) is 0 Å². The molecule has 1 amide bonds. The summed E-state index contributed by atoms with van der Waals surface area (Å²) in [5.41, 5.74) is 5.27. The lowest BCUT2D eigenvalue weighted by molar-refractivity contribution is -0.00381. The van der Waals surface area contributed by atoms with Crippen molar-refractivity contribution in [1.82, 2.24) is 0 Å². The Morgan fingerprint density at radius 3 is 2.47 bits per heavy atom. The van der Waals surface area contributed by atoms with Crippen LogP contribution in [-0.2, 0) is 12.3 Å². The smallest absolute Gasteiger partial charge is 0.277 e. The SMILES string of the molecule is NC(=O)c1sccc1CC(F)(F)c1ccc(Cl)cc1. The van der Waals surface area contributed by atoms with Gasteiger partial charge in [-0.1, -0.05) is 23.7 Å². The lowest BCUT2D eigenvalue weighted by Gasteiger charge is -2.16. The quantitative estimate of drug-likeness (QED) is 0.916. The lowest BCUT2D eigenvalue weighted by Crippen LogP contribution is -2.19. The monoisotopic (exact) mass is 301 g/mol. The minimum Gasteiger partial charge on any atom is -0.365 e. The van der Waals surface area contributed by atoms with Gasteiger partial charge < -0.3 is 5.73 Å². The molecule has 2 aromatic rings. The Morgan fingerprint density at radius 1 is 1.26 bits per heavy atom. The Bertz CT molecular complexity index is 595. The third-order valence-electron chi connectivity index (χ3n) is 2.65. The largest absolute Gasteiger partial charge is 0.365 e. The first-order valence-corrected chi connectivity index (χ1v) is 6.66. The molecule has 0 bridgehead atoms. The normalized spacial score (nSPS) is 11.5. The van der Waals surface area contributed by atoms with Crippen LogP contribution in [0.5, 0.6) is 0 Å². The molecule has 0 aliphatic rings. The number of rotatable bonds is 4. The summed E-state index contributed by atoms with van der Waals surface area (Å²) in [7, 11) is 0. The number of carbonyl (C=O) groups excluding carboxylic acids is 1. The van der Waals surface area contributed by atoms with Crippen molar-refractivity contribution in [3.63, 3.8) is 0 Å². The standard InChI is InChI=1S/C13H10ClF2NOS/c14-10-3-1-9(2-4-10)13(15,16)7-8-5-6-19-11(8)12(17)18/h1-6H,7H2,(H2,17,18).